The van der Waals surface area contributed by atoms with Gasteiger partial charge in [-0.2, -0.15) is 0 Å². The van der Waals surface area contributed by atoms with Gasteiger partial charge in [-0.1, -0.05) is 6.07 Å². The second-order valence-corrected chi connectivity index (χ2v) is 10.4. The van der Waals surface area contributed by atoms with Crippen LogP contribution in [-0.4, -0.2) is 85.5 Å². The first kappa shape index (κ1) is 26.7. The van der Waals surface area contributed by atoms with Crippen LogP contribution in [0.2, 0.25) is 0 Å². The minimum atomic E-state index is -0.0487. The van der Waals surface area contributed by atoms with E-state index < -0.39 is 0 Å². The number of ether oxygens (including phenoxy) is 4. The minimum absolute atomic E-state index is 0.0214. The van der Waals surface area contributed by atoms with Crippen LogP contribution in [0.15, 0.2) is 48.5 Å². The first-order chi connectivity index (χ1) is 20.0. The maximum absolute atomic E-state index is 13.3. The summed E-state index contributed by atoms with van der Waals surface area (Å²) in [5.74, 6) is 3.49. The molecule has 2 aliphatic heterocycles. The van der Waals surface area contributed by atoms with Crippen LogP contribution in [0.25, 0.3) is 11.3 Å². The molecule has 2 fully saturated rings. The van der Waals surface area contributed by atoms with Crippen molar-refractivity contribution in [3.63, 3.8) is 0 Å². The zero-order chi connectivity index (χ0) is 28.3. The molecule has 2 amide bonds. The van der Waals surface area contributed by atoms with E-state index in [0.29, 0.717) is 61.4 Å². The highest BCUT2D eigenvalue weighted by atomic mass is 16.7. The fourth-order valence-electron chi connectivity index (χ4n) is 5.16. The molecular weight excluding hydrogens is 526 g/mol. The lowest BCUT2D eigenvalue weighted by Crippen LogP contribution is -2.52. The maximum atomic E-state index is 13.3. The summed E-state index contributed by atoms with van der Waals surface area (Å²) in [5, 5.41) is 8.88. The number of nitrogens with zero attached hydrogens (tertiary/aromatic N) is 5. The molecule has 41 heavy (non-hydrogen) atoms. The molecule has 0 N–H and O–H groups in total. The van der Waals surface area contributed by atoms with Crippen molar-refractivity contribution >= 4 is 17.6 Å². The molecule has 3 aromatic rings. The number of aromatic nitrogens is 2. The van der Waals surface area contributed by atoms with E-state index in [9.17, 15) is 9.59 Å². The molecule has 1 saturated carbocycles. The second kappa shape index (κ2) is 11.5. The highest BCUT2D eigenvalue weighted by Crippen LogP contribution is 2.35. The summed E-state index contributed by atoms with van der Waals surface area (Å²) in [7, 11) is 3.22. The molecule has 1 saturated heterocycles. The second-order valence-electron chi connectivity index (χ2n) is 10.4. The van der Waals surface area contributed by atoms with Gasteiger partial charge < -0.3 is 33.6 Å². The lowest BCUT2D eigenvalue weighted by Gasteiger charge is -2.36. The fraction of sp³-hybridized carbons (Fsp3) is 0.400. The Kier molecular flexibility index (Phi) is 7.49. The number of carbonyl (C=O) groups excluding carboxylic acids is 2. The van der Waals surface area contributed by atoms with Gasteiger partial charge in [0.25, 0.3) is 0 Å². The highest BCUT2D eigenvalue weighted by molar-refractivity contribution is 5.87. The molecule has 1 aromatic heterocycles. The maximum Gasteiger partial charge on any atom is 0.242 e. The van der Waals surface area contributed by atoms with E-state index in [2.05, 4.69) is 15.1 Å². The van der Waals surface area contributed by atoms with Crippen molar-refractivity contribution in [1.82, 2.24) is 20.0 Å². The molecule has 3 aliphatic rings. The Hall–Kier alpha value is -4.54. The van der Waals surface area contributed by atoms with Gasteiger partial charge in [-0.25, -0.2) is 0 Å². The van der Waals surface area contributed by atoms with Crippen LogP contribution in [0.4, 0.5) is 5.82 Å². The monoisotopic (exact) mass is 559 g/mol. The Balaban J connectivity index is 1.06. The molecule has 0 unspecified atom stereocenters. The Morgan fingerprint density at radius 3 is 2.44 bits per heavy atom. The molecule has 11 heteroatoms. The van der Waals surface area contributed by atoms with Gasteiger partial charge in [0.1, 0.15) is 18.0 Å². The van der Waals surface area contributed by atoms with Gasteiger partial charge >= 0.3 is 0 Å². The van der Waals surface area contributed by atoms with Gasteiger partial charge in [0, 0.05) is 50.3 Å². The molecule has 0 bridgehead atoms. The number of carbonyl (C=O) groups is 2. The van der Waals surface area contributed by atoms with Crippen molar-refractivity contribution in [2.75, 3.05) is 58.6 Å². The van der Waals surface area contributed by atoms with E-state index in [1.54, 1.807) is 19.1 Å². The third-order valence-electron chi connectivity index (χ3n) is 7.67. The molecule has 0 radical (unpaired) electrons. The van der Waals surface area contributed by atoms with Gasteiger partial charge in [-0.05, 0) is 54.8 Å². The third kappa shape index (κ3) is 5.84. The zero-order valence-corrected chi connectivity index (χ0v) is 23.2. The summed E-state index contributed by atoms with van der Waals surface area (Å²) in [4.78, 5) is 32.0. The average Bonchev–Trinajstić information content (AvgIpc) is 3.77. The molecule has 214 valence electrons. The van der Waals surface area contributed by atoms with Crippen LogP contribution in [0.5, 0.6) is 23.0 Å². The van der Waals surface area contributed by atoms with E-state index in [0.717, 1.165) is 29.8 Å². The molecule has 0 spiro atoms. The predicted octanol–water partition coefficient (Wildman–Crippen LogP) is 2.98. The minimum Gasteiger partial charge on any atom is -0.497 e. The van der Waals surface area contributed by atoms with Gasteiger partial charge in [-0.15, -0.1) is 10.2 Å². The van der Waals surface area contributed by atoms with Crippen LogP contribution < -0.4 is 23.8 Å². The van der Waals surface area contributed by atoms with E-state index in [1.165, 1.54) is 0 Å². The normalized spacial score (nSPS) is 16.0. The molecule has 0 atom stereocenters. The summed E-state index contributed by atoms with van der Waals surface area (Å²) in [6, 6.07) is 15.1. The van der Waals surface area contributed by atoms with E-state index in [1.807, 2.05) is 53.4 Å². The lowest BCUT2D eigenvalue weighted by molar-refractivity contribution is -0.142. The van der Waals surface area contributed by atoms with E-state index in [4.69, 9.17) is 18.9 Å². The van der Waals surface area contributed by atoms with Crippen LogP contribution in [0, 0.1) is 5.92 Å². The van der Waals surface area contributed by atoms with E-state index >= 15 is 0 Å². The molecular formula is C30H33N5O6. The number of benzene rings is 2. The summed E-state index contributed by atoms with van der Waals surface area (Å²) < 4.78 is 21.7. The molecule has 6 rings (SSSR count). The number of anilines is 1. The Bertz CT molecular complexity index is 1420. The number of piperazine rings is 1. The van der Waals surface area contributed by atoms with Gasteiger partial charge in [0.05, 0.1) is 19.9 Å². The Labute approximate surface area is 238 Å². The molecule has 3 heterocycles. The van der Waals surface area contributed by atoms with Crippen LogP contribution >= 0.6 is 0 Å². The predicted molar refractivity (Wildman–Crippen MR) is 150 cm³/mol. The lowest BCUT2D eigenvalue weighted by atomic mass is 10.1. The van der Waals surface area contributed by atoms with Crippen molar-refractivity contribution < 1.29 is 28.5 Å². The summed E-state index contributed by atoms with van der Waals surface area (Å²) in [6.07, 6.45) is 1.77. The molecule has 11 nitrogen and oxygen atoms in total. The number of methoxy groups -OCH3 is 2. The standard InChI is InChI=1S/C30H33N5O6/c1-38-22-6-7-23(26(16-22)39-2)24-8-10-28(32-31-24)33-11-13-34(14-12-33)29(36)18-35(30(37)21-4-5-21)17-20-3-9-25-27(15-20)41-19-40-25/h3,6-10,15-16,21H,4-5,11-14,17-19H2,1-2H3. The third-order valence-corrected chi connectivity index (χ3v) is 7.67. The SMILES string of the molecule is COc1ccc(-c2ccc(N3CCN(C(=O)CN(Cc4ccc5c(c4)OCO5)C(=O)C4CC4)CC3)nn2)c(OC)c1. The van der Waals surface area contributed by atoms with Crippen LogP contribution in [0.1, 0.15) is 18.4 Å². The summed E-state index contributed by atoms with van der Waals surface area (Å²) >= 11 is 0. The van der Waals surface area contributed by atoms with Crippen molar-refractivity contribution in [1.29, 1.82) is 0 Å². The number of amides is 2. The molecule has 1 aliphatic carbocycles. The zero-order valence-electron chi connectivity index (χ0n) is 23.2. The number of fused-ring (bicyclic) bond motifs is 1. The topological polar surface area (TPSA) is 107 Å². The highest BCUT2D eigenvalue weighted by Gasteiger charge is 2.35. The van der Waals surface area contributed by atoms with Gasteiger partial charge in [0.15, 0.2) is 17.3 Å². The average molecular weight is 560 g/mol. The molecule has 2 aromatic carbocycles. The number of rotatable bonds is 9. The smallest absolute Gasteiger partial charge is 0.242 e. The van der Waals surface area contributed by atoms with Crippen LogP contribution in [-0.2, 0) is 16.1 Å². The van der Waals surface area contributed by atoms with Gasteiger partial charge in [0.2, 0.25) is 18.6 Å². The van der Waals surface area contributed by atoms with Crippen LogP contribution in [0.3, 0.4) is 0 Å². The van der Waals surface area contributed by atoms with Crippen molar-refractivity contribution in [2.24, 2.45) is 5.92 Å². The Morgan fingerprint density at radius 1 is 0.927 bits per heavy atom. The first-order valence-corrected chi connectivity index (χ1v) is 13.8. The summed E-state index contributed by atoms with van der Waals surface area (Å²) in [6.45, 7) is 2.96. The number of hydrogen-bond acceptors (Lipinski definition) is 9. The van der Waals surface area contributed by atoms with Gasteiger partial charge in [-0.3, -0.25) is 9.59 Å². The van der Waals surface area contributed by atoms with E-state index in [-0.39, 0.29) is 31.1 Å². The van der Waals surface area contributed by atoms with Crippen molar-refractivity contribution in [2.45, 2.75) is 19.4 Å². The first-order valence-electron chi connectivity index (χ1n) is 13.8. The van der Waals surface area contributed by atoms with Crippen molar-refractivity contribution in [3.05, 3.63) is 54.1 Å². The largest absolute Gasteiger partial charge is 0.497 e. The Morgan fingerprint density at radius 2 is 1.73 bits per heavy atom. The quantitative estimate of drug-likeness (QED) is 0.391. The summed E-state index contributed by atoms with van der Waals surface area (Å²) in [5.41, 5.74) is 2.44. The fourth-order valence-corrected chi connectivity index (χ4v) is 5.16. The van der Waals surface area contributed by atoms with Crippen molar-refractivity contribution in [3.8, 4) is 34.3 Å². The number of hydrogen-bond donors (Lipinski definition) is 0.